The summed E-state index contributed by atoms with van der Waals surface area (Å²) in [5.74, 6) is 0.273. The fourth-order valence-electron chi connectivity index (χ4n) is 2.26. The molecule has 0 saturated heterocycles. The summed E-state index contributed by atoms with van der Waals surface area (Å²) in [4.78, 5) is 16.8. The van der Waals surface area contributed by atoms with Crippen LogP contribution in [0.15, 0.2) is 24.3 Å². The van der Waals surface area contributed by atoms with Crippen LogP contribution in [0.5, 0.6) is 0 Å². The number of aliphatic hydroxyl groups is 1. The van der Waals surface area contributed by atoms with Crippen LogP contribution in [-0.4, -0.2) is 29.1 Å². The number of rotatable bonds is 4. The first kappa shape index (κ1) is 13.3. The number of hydrogen-bond acceptors (Lipinski definition) is 3. The van der Waals surface area contributed by atoms with Gasteiger partial charge in [0.2, 0.25) is 0 Å². The molecule has 0 atom stereocenters. The number of nitrogens with zero attached hydrogens (tertiary/aromatic N) is 1. The lowest BCUT2D eigenvalue weighted by molar-refractivity contribution is 0.0946. The summed E-state index contributed by atoms with van der Waals surface area (Å²) in [7, 11) is 0. The number of benzene rings is 1. The van der Waals surface area contributed by atoms with Crippen LogP contribution in [0.1, 0.15) is 34.8 Å². The fraction of sp³-hybridized carbons (Fsp3) is 0.333. The van der Waals surface area contributed by atoms with Crippen LogP contribution in [0.25, 0.3) is 10.9 Å². The Morgan fingerprint density at radius 3 is 2.90 bits per heavy atom. The SMILES string of the molecule is O=C(NCCO)c1cc(C2CC2)nc2ccc(Cl)cc12. The van der Waals surface area contributed by atoms with Crippen LogP contribution in [-0.2, 0) is 0 Å². The zero-order chi connectivity index (χ0) is 14.1. The van der Waals surface area contributed by atoms with Crippen LogP contribution in [0.2, 0.25) is 5.02 Å². The summed E-state index contributed by atoms with van der Waals surface area (Å²) in [5, 5.41) is 12.8. The van der Waals surface area contributed by atoms with Gasteiger partial charge >= 0.3 is 0 Å². The van der Waals surface area contributed by atoms with E-state index in [4.69, 9.17) is 16.7 Å². The van der Waals surface area contributed by atoms with E-state index in [9.17, 15) is 4.79 Å². The first-order chi connectivity index (χ1) is 9.69. The predicted molar refractivity (Wildman–Crippen MR) is 78.1 cm³/mol. The molecule has 1 aromatic heterocycles. The fourth-order valence-corrected chi connectivity index (χ4v) is 2.43. The molecule has 1 aromatic carbocycles. The van der Waals surface area contributed by atoms with Crippen molar-refractivity contribution in [3.05, 3.63) is 40.5 Å². The highest BCUT2D eigenvalue weighted by atomic mass is 35.5. The molecule has 0 unspecified atom stereocenters. The summed E-state index contributed by atoms with van der Waals surface area (Å²) in [6, 6.07) is 7.23. The van der Waals surface area contributed by atoms with Gasteiger partial charge in [-0.15, -0.1) is 0 Å². The lowest BCUT2D eigenvalue weighted by Crippen LogP contribution is -2.26. The van der Waals surface area contributed by atoms with Crippen molar-refractivity contribution in [1.82, 2.24) is 10.3 Å². The van der Waals surface area contributed by atoms with Gasteiger partial charge in [0.25, 0.3) is 5.91 Å². The molecule has 1 heterocycles. The first-order valence-electron chi connectivity index (χ1n) is 6.68. The number of aromatic nitrogens is 1. The molecule has 5 heteroatoms. The second-order valence-electron chi connectivity index (χ2n) is 5.01. The second-order valence-corrected chi connectivity index (χ2v) is 5.45. The molecular weight excluding hydrogens is 276 g/mol. The minimum absolute atomic E-state index is 0.0784. The third-order valence-electron chi connectivity index (χ3n) is 3.43. The number of fused-ring (bicyclic) bond motifs is 1. The number of amides is 1. The lowest BCUT2D eigenvalue weighted by Gasteiger charge is -2.10. The molecule has 104 valence electrons. The number of carbonyl (C=O) groups is 1. The van der Waals surface area contributed by atoms with E-state index in [1.165, 1.54) is 0 Å². The molecule has 1 amide bonds. The number of aliphatic hydroxyl groups excluding tert-OH is 1. The van der Waals surface area contributed by atoms with Gasteiger partial charge in [0.1, 0.15) is 0 Å². The van der Waals surface area contributed by atoms with Crippen molar-refractivity contribution >= 4 is 28.4 Å². The molecule has 0 aliphatic heterocycles. The van der Waals surface area contributed by atoms with Gasteiger partial charge in [0.15, 0.2) is 0 Å². The zero-order valence-electron chi connectivity index (χ0n) is 10.9. The van der Waals surface area contributed by atoms with Crippen LogP contribution < -0.4 is 5.32 Å². The molecule has 1 aliphatic carbocycles. The van der Waals surface area contributed by atoms with Crippen molar-refractivity contribution in [2.45, 2.75) is 18.8 Å². The Morgan fingerprint density at radius 2 is 2.20 bits per heavy atom. The summed E-state index contributed by atoms with van der Waals surface area (Å²) in [6.07, 6.45) is 2.26. The molecule has 1 aliphatic rings. The van der Waals surface area contributed by atoms with E-state index in [2.05, 4.69) is 10.3 Å². The van der Waals surface area contributed by atoms with Crippen LogP contribution in [0.3, 0.4) is 0 Å². The third kappa shape index (κ3) is 2.62. The molecule has 3 rings (SSSR count). The van der Waals surface area contributed by atoms with E-state index in [0.717, 1.165) is 29.4 Å². The highest BCUT2D eigenvalue weighted by Gasteiger charge is 2.26. The Hall–Kier alpha value is -1.65. The van der Waals surface area contributed by atoms with Gasteiger partial charge < -0.3 is 10.4 Å². The Kier molecular flexibility index (Phi) is 3.59. The number of carbonyl (C=O) groups excluding carboxylic acids is 1. The van der Waals surface area contributed by atoms with Crippen LogP contribution in [0.4, 0.5) is 0 Å². The van der Waals surface area contributed by atoms with Crippen molar-refractivity contribution in [2.24, 2.45) is 0 Å². The average molecular weight is 291 g/mol. The Morgan fingerprint density at radius 1 is 1.40 bits per heavy atom. The molecule has 1 fully saturated rings. The molecule has 2 N–H and O–H groups in total. The van der Waals surface area contributed by atoms with Gasteiger partial charge in [-0.25, -0.2) is 0 Å². The molecule has 0 radical (unpaired) electrons. The number of pyridine rings is 1. The minimum Gasteiger partial charge on any atom is -0.395 e. The van der Waals surface area contributed by atoms with Crippen LogP contribution in [0, 0.1) is 0 Å². The molecule has 20 heavy (non-hydrogen) atoms. The smallest absolute Gasteiger partial charge is 0.252 e. The standard InChI is InChI=1S/C15H15ClN2O2/c16-10-3-4-13-11(7-10)12(15(20)17-5-6-19)8-14(18-13)9-1-2-9/h3-4,7-9,19H,1-2,5-6H2,(H,17,20). The van der Waals surface area contributed by atoms with E-state index in [0.29, 0.717) is 16.5 Å². The topological polar surface area (TPSA) is 62.2 Å². The number of halogens is 1. The van der Waals surface area contributed by atoms with Gasteiger partial charge in [-0.3, -0.25) is 9.78 Å². The minimum atomic E-state index is -0.199. The van der Waals surface area contributed by atoms with E-state index in [-0.39, 0.29) is 19.1 Å². The first-order valence-corrected chi connectivity index (χ1v) is 7.06. The number of nitrogens with one attached hydrogen (secondary N) is 1. The van der Waals surface area contributed by atoms with E-state index in [1.54, 1.807) is 12.1 Å². The van der Waals surface area contributed by atoms with Crippen LogP contribution >= 0.6 is 11.6 Å². The van der Waals surface area contributed by atoms with Crippen molar-refractivity contribution < 1.29 is 9.90 Å². The molecule has 1 saturated carbocycles. The van der Waals surface area contributed by atoms with Gasteiger partial charge in [-0.1, -0.05) is 11.6 Å². The molecule has 2 aromatic rings. The molecule has 0 bridgehead atoms. The highest BCUT2D eigenvalue weighted by molar-refractivity contribution is 6.31. The summed E-state index contributed by atoms with van der Waals surface area (Å²) < 4.78 is 0. The highest BCUT2D eigenvalue weighted by Crippen LogP contribution is 2.40. The van der Waals surface area contributed by atoms with Crippen molar-refractivity contribution in [2.75, 3.05) is 13.2 Å². The molecular formula is C15H15ClN2O2. The van der Waals surface area contributed by atoms with Crippen molar-refractivity contribution in [1.29, 1.82) is 0 Å². The quantitative estimate of drug-likeness (QED) is 0.909. The van der Waals surface area contributed by atoms with E-state index >= 15 is 0 Å². The largest absolute Gasteiger partial charge is 0.395 e. The maximum Gasteiger partial charge on any atom is 0.252 e. The zero-order valence-corrected chi connectivity index (χ0v) is 11.7. The normalized spacial score (nSPS) is 14.5. The maximum absolute atomic E-state index is 12.2. The lowest BCUT2D eigenvalue weighted by atomic mass is 10.1. The van der Waals surface area contributed by atoms with E-state index in [1.807, 2.05) is 12.1 Å². The summed E-state index contributed by atoms with van der Waals surface area (Å²) >= 11 is 6.01. The maximum atomic E-state index is 12.2. The Bertz CT molecular complexity index is 668. The second kappa shape index (κ2) is 5.38. The van der Waals surface area contributed by atoms with Crippen molar-refractivity contribution in [3.8, 4) is 0 Å². The predicted octanol–water partition coefficient (Wildman–Crippen LogP) is 2.49. The molecule has 4 nitrogen and oxygen atoms in total. The van der Waals surface area contributed by atoms with E-state index < -0.39 is 0 Å². The Balaban J connectivity index is 2.10. The van der Waals surface area contributed by atoms with Gasteiger partial charge in [-0.2, -0.15) is 0 Å². The summed E-state index contributed by atoms with van der Waals surface area (Å²) in [5.41, 5.74) is 2.33. The van der Waals surface area contributed by atoms with Gasteiger partial charge in [0, 0.05) is 28.6 Å². The molecule has 0 spiro atoms. The van der Waals surface area contributed by atoms with Gasteiger partial charge in [0.05, 0.1) is 17.7 Å². The number of hydrogen-bond donors (Lipinski definition) is 2. The average Bonchev–Trinajstić information content (AvgIpc) is 3.28. The van der Waals surface area contributed by atoms with Gasteiger partial charge in [-0.05, 0) is 37.1 Å². The van der Waals surface area contributed by atoms with Crippen molar-refractivity contribution in [3.63, 3.8) is 0 Å². The monoisotopic (exact) mass is 290 g/mol. The Labute approximate surface area is 121 Å². The third-order valence-corrected chi connectivity index (χ3v) is 3.66. The summed E-state index contributed by atoms with van der Waals surface area (Å²) in [6.45, 7) is 0.160.